The molecule has 0 aliphatic carbocycles. The molecule has 5 nitrogen and oxygen atoms in total. The summed E-state index contributed by atoms with van der Waals surface area (Å²) in [5.74, 6) is 0.843. The molecule has 26 heavy (non-hydrogen) atoms. The largest absolute Gasteiger partial charge is 0.357 e. The molecule has 0 radical (unpaired) electrons. The van der Waals surface area contributed by atoms with E-state index in [0.717, 1.165) is 37.7 Å². The van der Waals surface area contributed by atoms with Gasteiger partial charge in [0.1, 0.15) is 0 Å². The molecule has 2 heterocycles. The highest BCUT2D eigenvalue weighted by Gasteiger charge is 2.02. The third kappa shape index (κ3) is 4.63. The van der Waals surface area contributed by atoms with Crippen LogP contribution in [0.5, 0.6) is 0 Å². The van der Waals surface area contributed by atoms with E-state index in [9.17, 15) is 0 Å². The van der Waals surface area contributed by atoms with Crippen LogP contribution in [0.1, 0.15) is 24.6 Å². The molecule has 136 valence electrons. The number of hydrogen-bond acceptors (Lipinski definition) is 2. The topological polar surface area (TPSA) is 54.2 Å². The van der Waals surface area contributed by atoms with E-state index in [2.05, 4.69) is 81.6 Å². The number of hydrogen-bond donors (Lipinski definition) is 2. The van der Waals surface area contributed by atoms with Crippen molar-refractivity contribution in [3.05, 3.63) is 66.1 Å². The highest BCUT2D eigenvalue weighted by molar-refractivity contribution is 5.80. The maximum atomic E-state index is 4.65. The van der Waals surface area contributed by atoms with Crippen molar-refractivity contribution < 1.29 is 0 Å². The van der Waals surface area contributed by atoms with Gasteiger partial charge in [0.05, 0.1) is 12.2 Å². The van der Waals surface area contributed by atoms with Gasteiger partial charge in [-0.1, -0.05) is 24.3 Å². The van der Waals surface area contributed by atoms with Crippen molar-refractivity contribution in [3.8, 4) is 0 Å². The number of guanidine groups is 1. The minimum absolute atomic E-state index is 0.588. The van der Waals surface area contributed by atoms with E-state index in [1.54, 1.807) is 0 Å². The highest BCUT2D eigenvalue weighted by atomic mass is 15.2. The van der Waals surface area contributed by atoms with Crippen molar-refractivity contribution in [1.82, 2.24) is 20.2 Å². The summed E-state index contributed by atoms with van der Waals surface area (Å²) in [6.45, 7) is 7.44. The Morgan fingerprint density at radius 2 is 2.00 bits per heavy atom. The fraction of sp³-hybridized carbons (Fsp3) is 0.333. The molecule has 0 fully saturated rings. The number of nitrogens with one attached hydrogen (secondary N) is 2. The van der Waals surface area contributed by atoms with Gasteiger partial charge < -0.3 is 15.2 Å². The predicted octanol–water partition coefficient (Wildman–Crippen LogP) is 3.49. The lowest BCUT2D eigenvalue weighted by atomic mass is 10.2. The first-order valence-corrected chi connectivity index (χ1v) is 9.24. The van der Waals surface area contributed by atoms with E-state index in [1.165, 1.54) is 16.5 Å². The van der Waals surface area contributed by atoms with Crippen molar-refractivity contribution in [2.45, 2.75) is 33.4 Å². The lowest BCUT2D eigenvalue weighted by Gasteiger charge is -2.12. The molecular weight excluding hydrogens is 322 g/mol. The number of fused-ring (bicyclic) bond motifs is 1. The van der Waals surface area contributed by atoms with Crippen molar-refractivity contribution in [2.24, 2.45) is 4.99 Å². The van der Waals surface area contributed by atoms with Gasteiger partial charge in [0.15, 0.2) is 5.96 Å². The van der Waals surface area contributed by atoms with Crippen LogP contribution in [0.3, 0.4) is 0 Å². The summed E-state index contributed by atoms with van der Waals surface area (Å²) in [4.78, 5) is 9.06. The van der Waals surface area contributed by atoms with Gasteiger partial charge in [-0.15, -0.1) is 0 Å². The van der Waals surface area contributed by atoms with E-state index >= 15 is 0 Å². The van der Waals surface area contributed by atoms with Gasteiger partial charge in [-0.25, -0.2) is 4.99 Å². The number of para-hydroxylation sites is 1. The second-order valence-corrected chi connectivity index (χ2v) is 6.31. The molecule has 2 N–H and O–H groups in total. The zero-order chi connectivity index (χ0) is 18.2. The molecule has 0 aliphatic rings. The lowest BCUT2D eigenvalue weighted by molar-refractivity contribution is 0.640. The molecule has 0 amide bonds. The van der Waals surface area contributed by atoms with Crippen LogP contribution in [-0.4, -0.2) is 28.6 Å². The average molecular weight is 349 g/mol. The number of benzene rings is 1. The van der Waals surface area contributed by atoms with E-state index in [0.29, 0.717) is 6.54 Å². The molecule has 0 bridgehead atoms. The van der Waals surface area contributed by atoms with Gasteiger partial charge in [-0.05, 0) is 49.4 Å². The Balaban J connectivity index is 1.52. The van der Waals surface area contributed by atoms with Crippen molar-refractivity contribution in [1.29, 1.82) is 0 Å². The van der Waals surface area contributed by atoms with Crippen LogP contribution in [0.2, 0.25) is 0 Å². The lowest BCUT2D eigenvalue weighted by Crippen LogP contribution is -2.38. The Morgan fingerprint density at radius 3 is 2.85 bits per heavy atom. The van der Waals surface area contributed by atoms with Crippen LogP contribution in [0.15, 0.2) is 59.9 Å². The van der Waals surface area contributed by atoms with Crippen molar-refractivity contribution >= 4 is 16.9 Å². The van der Waals surface area contributed by atoms with Gasteiger partial charge in [0.25, 0.3) is 0 Å². The third-order valence-electron chi connectivity index (χ3n) is 4.40. The van der Waals surface area contributed by atoms with Crippen LogP contribution in [0, 0.1) is 6.92 Å². The molecule has 2 aromatic heterocycles. The number of aryl methyl sites for hydroxylation is 2. The maximum absolute atomic E-state index is 4.65. The third-order valence-corrected chi connectivity index (χ3v) is 4.40. The number of aromatic nitrogens is 2. The molecule has 0 saturated heterocycles. The summed E-state index contributed by atoms with van der Waals surface area (Å²) >= 11 is 0. The van der Waals surface area contributed by atoms with E-state index in [-0.39, 0.29) is 0 Å². The summed E-state index contributed by atoms with van der Waals surface area (Å²) in [6.07, 6.45) is 5.01. The Hall–Kier alpha value is -2.82. The normalized spacial score (nSPS) is 11.7. The molecule has 0 aliphatic heterocycles. The van der Waals surface area contributed by atoms with Crippen LogP contribution in [0.25, 0.3) is 10.9 Å². The van der Waals surface area contributed by atoms with Gasteiger partial charge in [-0.3, -0.25) is 4.98 Å². The monoisotopic (exact) mass is 349 g/mol. The molecule has 3 rings (SSSR count). The minimum Gasteiger partial charge on any atom is -0.357 e. The summed E-state index contributed by atoms with van der Waals surface area (Å²) in [5.41, 5.74) is 3.48. The van der Waals surface area contributed by atoms with E-state index < -0.39 is 0 Å². The smallest absolute Gasteiger partial charge is 0.191 e. The zero-order valence-electron chi connectivity index (χ0n) is 15.6. The second-order valence-electron chi connectivity index (χ2n) is 6.31. The van der Waals surface area contributed by atoms with Gasteiger partial charge in [0, 0.05) is 37.5 Å². The molecule has 0 spiro atoms. The summed E-state index contributed by atoms with van der Waals surface area (Å²) < 4.78 is 2.30. The van der Waals surface area contributed by atoms with Crippen LogP contribution in [0.4, 0.5) is 0 Å². The highest BCUT2D eigenvalue weighted by Crippen LogP contribution is 2.15. The average Bonchev–Trinajstić information content (AvgIpc) is 3.07. The SMILES string of the molecule is CCNC(=NCc1ncccc1C)NCCCn1ccc2ccccc21. The number of aliphatic imine (C=N–C) groups is 1. The number of rotatable bonds is 7. The molecule has 5 heteroatoms. The van der Waals surface area contributed by atoms with Crippen LogP contribution >= 0.6 is 0 Å². The van der Waals surface area contributed by atoms with Crippen molar-refractivity contribution in [2.75, 3.05) is 13.1 Å². The van der Waals surface area contributed by atoms with Gasteiger partial charge >= 0.3 is 0 Å². The van der Waals surface area contributed by atoms with E-state index in [4.69, 9.17) is 0 Å². The molecule has 3 aromatic rings. The maximum Gasteiger partial charge on any atom is 0.191 e. The number of nitrogens with zero attached hydrogens (tertiary/aromatic N) is 3. The van der Waals surface area contributed by atoms with Crippen LogP contribution < -0.4 is 10.6 Å². The van der Waals surface area contributed by atoms with Crippen LogP contribution in [-0.2, 0) is 13.1 Å². The molecule has 0 unspecified atom stereocenters. The standard InChI is InChI=1S/C21H27N5/c1-3-22-21(25-16-19-17(2)8-6-12-23-19)24-13-7-14-26-15-11-18-9-4-5-10-20(18)26/h4-6,8-12,15H,3,7,13-14,16H2,1-2H3,(H2,22,24,25). The first kappa shape index (κ1) is 18.0. The fourth-order valence-electron chi connectivity index (χ4n) is 2.97. The zero-order valence-corrected chi connectivity index (χ0v) is 15.6. The van der Waals surface area contributed by atoms with Gasteiger partial charge in [0.2, 0.25) is 0 Å². The summed E-state index contributed by atoms with van der Waals surface area (Å²) in [6, 6.07) is 14.7. The first-order chi connectivity index (χ1) is 12.8. The summed E-state index contributed by atoms with van der Waals surface area (Å²) in [7, 11) is 0. The summed E-state index contributed by atoms with van der Waals surface area (Å²) in [5, 5.41) is 8.01. The molecule has 1 aromatic carbocycles. The molecular formula is C21H27N5. The quantitative estimate of drug-likeness (QED) is 0.390. The Labute approximate surface area is 155 Å². The predicted molar refractivity (Wildman–Crippen MR) is 108 cm³/mol. The fourth-order valence-corrected chi connectivity index (χ4v) is 2.97. The second kappa shape index (κ2) is 9.04. The number of pyridine rings is 1. The molecule has 0 atom stereocenters. The van der Waals surface area contributed by atoms with Gasteiger partial charge in [-0.2, -0.15) is 0 Å². The Kier molecular flexibility index (Phi) is 6.25. The molecule has 0 saturated carbocycles. The minimum atomic E-state index is 0.588. The Morgan fingerprint density at radius 1 is 1.12 bits per heavy atom. The first-order valence-electron chi connectivity index (χ1n) is 9.24. The van der Waals surface area contributed by atoms with E-state index in [1.807, 2.05) is 12.3 Å². The van der Waals surface area contributed by atoms with Crippen molar-refractivity contribution in [3.63, 3.8) is 0 Å². The Bertz CT molecular complexity index is 865.